The maximum absolute atomic E-state index is 12.5. The van der Waals surface area contributed by atoms with Crippen molar-refractivity contribution in [2.24, 2.45) is 0 Å². The number of thioether (sulfide) groups is 1. The summed E-state index contributed by atoms with van der Waals surface area (Å²) < 4.78 is 0.873. The van der Waals surface area contributed by atoms with Crippen LogP contribution in [0.25, 0.3) is 6.08 Å². The lowest BCUT2D eigenvalue weighted by atomic mass is 10.2. The van der Waals surface area contributed by atoms with Crippen molar-refractivity contribution in [3.63, 3.8) is 0 Å². The van der Waals surface area contributed by atoms with E-state index in [0.717, 1.165) is 27.4 Å². The smallest absolute Gasteiger partial charge is 0.268 e. The summed E-state index contributed by atoms with van der Waals surface area (Å²) in [6, 6.07) is 14.7. The molecule has 0 bridgehead atoms. The molecule has 0 aromatic heterocycles. The van der Waals surface area contributed by atoms with Crippen LogP contribution in [0.5, 0.6) is 0 Å². The van der Waals surface area contributed by atoms with Gasteiger partial charge in [0.1, 0.15) is 0 Å². The number of carbonyl (C=O) groups is 2. The van der Waals surface area contributed by atoms with Crippen LogP contribution < -0.4 is 0 Å². The highest BCUT2D eigenvalue weighted by Crippen LogP contribution is 2.35. The molecule has 6 heteroatoms. The second-order valence-corrected chi connectivity index (χ2v) is 7.14. The summed E-state index contributed by atoms with van der Waals surface area (Å²) in [5.74, 6) is -0.296. The van der Waals surface area contributed by atoms with E-state index in [1.165, 1.54) is 4.90 Å². The Labute approximate surface area is 151 Å². The number of nitrogens with zero attached hydrogens (tertiary/aromatic N) is 1. The molecule has 0 aliphatic carbocycles. The average molecular weight is 409 g/mol. The summed E-state index contributed by atoms with van der Waals surface area (Å²) in [7, 11) is 0. The number of carbonyl (C=O) groups excluding carboxylic acids is 2. The van der Waals surface area contributed by atoms with Gasteiger partial charge in [0.05, 0.1) is 11.4 Å². The summed E-state index contributed by atoms with van der Waals surface area (Å²) >= 11 is 10.5. The van der Waals surface area contributed by atoms with Crippen LogP contribution in [-0.2, 0) is 11.3 Å². The van der Waals surface area contributed by atoms with Crippen molar-refractivity contribution in [1.82, 2.24) is 4.90 Å². The molecule has 1 fully saturated rings. The molecule has 0 spiro atoms. The molecule has 1 aliphatic heterocycles. The lowest BCUT2D eigenvalue weighted by Gasteiger charge is -2.13. The summed E-state index contributed by atoms with van der Waals surface area (Å²) in [5.41, 5.74) is 1.61. The normalized spacial score (nSPS) is 16.4. The predicted molar refractivity (Wildman–Crippen MR) is 97.1 cm³/mol. The fourth-order valence-electron chi connectivity index (χ4n) is 2.17. The molecule has 3 nitrogen and oxygen atoms in total. The largest absolute Gasteiger partial charge is 0.293 e. The van der Waals surface area contributed by atoms with Gasteiger partial charge in [-0.15, -0.1) is 0 Å². The summed E-state index contributed by atoms with van der Waals surface area (Å²) in [6.45, 7) is 0.178. The van der Waals surface area contributed by atoms with Crippen molar-refractivity contribution in [3.05, 3.63) is 74.1 Å². The number of hydrogen-bond donors (Lipinski definition) is 0. The minimum atomic E-state index is -0.296. The highest BCUT2D eigenvalue weighted by atomic mass is 79.9. The molecule has 116 valence electrons. The molecule has 1 aliphatic rings. The lowest BCUT2D eigenvalue weighted by Crippen LogP contribution is -2.27. The van der Waals surface area contributed by atoms with E-state index in [4.69, 9.17) is 11.6 Å². The lowest BCUT2D eigenvalue weighted by molar-refractivity contribution is -0.123. The van der Waals surface area contributed by atoms with E-state index >= 15 is 0 Å². The molecule has 23 heavy (non-hydrogen) atoms. The monoisotopic (exact) mass is 407 g/mol. The molecule has 2 aromatic rings. The van der Waals surface area contributed by atoms with Gasteiger partial charge in [-0.25, -0.2) is 0 Å². The maximum atomic E-state index is 12.5. The Kier molecular flexibility index (Phi) is 4.90. The van der Waals surface area contributed by atoms with Crippen LogP contribution >= 0.6 is 39.3 Å². The number of amides is 2. The second-order valence-electron chi connectivity index (χ2n) is 4.88. The van der Waals surface area contributed by atoms with Crippen LogP contribution in [0.3, 0.4) is 0 Å². The van der Waals surface area contributed by atoms with E-state index in [-0.39, 0.29) is 17.7 Å². The Morgan fingerprint density at radius 2 is 1.78 bits per heavy atom. The van der Waals surface area contributed by atoms with Gasteiger partial charge in [0.2, 0.25) is 0 Å². The Morgan fingerprint density at radius 3 is 2.52 bits per heavy atom. The van der Waals surface area contributed by atoms with E-state index in [0.29, 0.717) is 9.93 Å². The third-order valence-electron chi connectivity index (χ3n) is 3.35. The Bertz CT molecular complexity index is 822. The third kappa shape index (κ3) is 3.52. The molecular formula is C17H11BrClNO2S. The van der Waals surface area contributed by atoms with Crippen molar-refractivity contribution in [2.45, 2.75) is 6.54 Å². The van der Waals surface area contributed by atoms with Gasteiger partial charge in [-0.05, 0) is 41.1 Å². The van der Waals surface area contributed by atoms with Crippen LogP contribution in [0.1, 0.15) is 11.1 Å². The Hall–Kier alpha value is -1.56. The van der Waals surface area contributed by atoms with Crippen LogP contribution in [0.15, 0.2) is 57.9 Å². The minimum absolute atomic E-state index is 0.178. The molecule has 0 saturated carbocycles. The van der Waals surface area contributed by atoms with Crippen molar-refractivity contribution >= 4 is 56.5 Å². The van der Waals surface area contributed by atoms with E-state index in [9.17, 15) is 9.59 Å². The molecule has 0 radical (unpaired) electrons. The van der Waals surface area contributed by atoms with Crippen LogP contribution in [0.2, 0.25) is 5.02 Å². The molecule has 0 N–H and O–H groups in total. The van der Waals surface area contributed by atoms with Gasteiger partial charge in [-0.1, -0.05) is 63.9 Å². The molecule has 2 aromatic carbocycles. The Balaban J connectivity index is 1.86. The fraction of sp³-hybridized carbons (Fsp3) is 0.0588. The van der Waals surface area contributed by atoms with Crippen molar-refractivity contribution in [3.8, 4) is 0 Å². The van der Waals surface area contributed by atoms with E-state index in [1.54, 1.807) is 12.1 Å². The van der Waals surface area contributed by atoms with Crippen molar-refractivity contribution in [2.75, 3.05) is 0 Å². The first kappa shape index (κ1) is 16.3. The second kappa shape index (κ2) is 6.91. The molecular weight excluding hydrogens is 398 g/mol. The average Bonchev–Trinajstić information content (AvgIpc) is 2.79. The van der Waals surface area contributed by atoms with Gasteiger partial charge in [-0.2, -0.15) is 0 Å². The zero-order valence-electron chi connectivity index (χ0n) is 11.8. The number of benzene rings is 2. The third-order valence-corrected chi connectivity index (χ3v) is 5.35. The first-order valence-electron chi connectivity index (χ1n) is 6.79. The van der Waals surface area contributed by atoms with Gasteiger partial charge in [-0.3, -0.25) is 14.5 Å². The highest BCUT2D eigenvalue weighted by molar-refractivity contribution is 9.10. The standard InChI is InChI=1S/C17H11BrClNO2S/c18-13-7-3-1-5-11(13)9-15-16(21)20(17(22)23-15)10-12-6-2-4-8-14(12)19/h1-9H,10H2/b15-9-. The molecule has 0 atom stereocenters. The van der Waals surface area contributed by atoms with Crippen molar-refractivity contribution < 1.29 is 9.59 Å². The number of hydrogen-bond acceptors (Lipinski definition) is 3. The van der Waals surface area contributed by atoms with Gasteiger partial charge < -0.3 is 0 Å². The van der Waals surface area contributed by atoms with Crippen LogP contribution in [-0.4, -0.2) is 16.0 Å². The van der Waals surface area contributed by atoms with E-state index in [1.807, 2.05) is 42.5 Å². The number of halogens is 2. The zero-order chi connectivity index (χ0) is 16.4. The SMILES string of the molecule is O=C1S/C(=C\c2ccccc2Br)C(=O)N1Cc1ccccc1Cl. The van der Waals surface area contributed by atoms with E-state index in [2.05, 4.69) is 15.9 Å². The zero-order valence-corrected chi connectivity index (χ0v) is 15.0. The van der Waals surface area contributed by atoms with Crippen molar-refractivity contribution in [1.29, 1.82) is 0 Å². The van der Waals surface area contributed by atoms with Crippen LogP contribution in [0, 0.1) is 0 Å². The van der Waals surface area contributed by atoms with Gasteiger partial charge in [0.15, 0.2) is 0 Å². The number of rotatable bonds is 3. The van der Waals surface area contributed by atoms with Crippen LogP contribution in [0.4, 0.5) is 4.79 Å². The summed E-state index contributed by atoms with van der Waals surface area (Å²) in [4.78, 5) is 26.3. The van der Waals surface area contributed by atoms with E-state index < -0.39 is 0 Å². The topological polar surface area (TPSA) is 37.4 Å². The summed E-state index contributed by atoms with van der Waals surface area (Å²) in [6.07, 6.45) is 1.72. The fourth-order valence-corrected chi connectivity index (χ4v) is 3.59. The first-order valence-corrected chi connectivity index (χ1v) is 8.78. The number of imide groups is 1. The van der Waals surface area contributed by atoms with Gasteiger partial charge >= 0.3 is 0 Å². The maximum Gasteiger partial charge on any atom is 0.293 e. The molecule has 0 unspecified atom stereocenters. The van der Waals surface area contributed by atoms with Gasteiger partial charge in [0.25, 0.3) is 11.1 Å². The molecule has 3 rings (SSSR count). The minimum Gasteiger partial charge on any atom is -0.268 e. The molecule has 1 saturated heterocycles. The highest BCUT2D eigenvalue weighted by Gasteiger charge is 2.35. The molecule has 1 heterocycles. The quantitative estimate of drug-likeness (QED) is 0.643. The predicted octanol–water partition coefficient (Wildman–Crippen LogP) is 5.34. The first-order chi connectivity index (χ1) is 11.1. The van der Waals surface area contributed by atoms with Gasteiger partial charge in [0, 0.05) is 9.50 Å². The molecule has 2 amide bonds. The Morgan fingerprint density at radius 1 is 1.09 bits per heavy atom. The summed E-state index contributed by atoms with van der Waals surface area (Å²) in [5, 5.41) is 0.259.